The van der Waals surface area contributed by atoms with Crippen molar-refractivity contribution in [1.29, 1.82) is 0 Å². The van der Waals surface area contributed by atoms with E-state index in [1.54, 1.807) is 0 Å². The number of rotatable bonds is 0. The van der Waals surface area contributed by atoms with E-state index >= 15 is 0 Å². The first kappa shape index (κ1) is 22.5. The fourth-order valence-electron chi connectivity index (χ4n) is 0. The summed E-state index contributed by atoms with van der Waals surface area (Å²) < 4.78 is 31.6. The van der Waals surface area contributed by atoms with Crippen LogP contribution in [0, 0.1) is 0 Å². The molecule has 0 amide bonds. The molecule has 0 aromatic rings. The summed E-state index contributed by atoms with van der Waals surface area (Å²) in [6.07, 6.45) is -1.83. The van der Waals surface area contributed by atoms with Crippen LogP contribution in [-0.2, 0) is 46.9 Å². The first-order chi connectivity index (χ1) is 3.73. The van der Waals surface area contributed by atoms with Gasteiger partial charge >= 0.3 is 16.6 Å². The zero-order chi connectivity index (χ0) is 8.08. The maximum absolute atomic E-state index is 8.74. The van der Waals surface area contributed by atoms with E-state index in [4.69, 9.17) is 32.5 Å². The zero-order valence-corrected chi connectivity index (χ0v) is 9.66. The Kier molecular flexibility index (Phi) is 21.0. The average molecular weight is 289 g/mol. The molecule has 0 atom stereocenters. The molecule has 0 saturated heterocycles. The van der Waals surface area contributed by atoms with Crippen LogP contribution in [-0.4, -0.2) is 33.9 Å². The average Bonchev–Trinajstić information content (AvgIpc) is 1.19. The second kappa shape index (κ2) is 10.3. The Morgan fingerprint density at radius 1 is 1.09 bits per heavy atom. The van der Waals surface area contributed by atoms with Crippen LogP contribution >= 0.6 is 0 Å². The van der Waals surface area contributed by atoms with E-state index in [-0.39, 0.29) is 36.5 Å². The Balaban J connectivity index is -0.0000000383. The predicted molar refractivity (Wildman–Crippen MR) is 24.8 cm³/mol. The van der Waals surface area contributed by atoms with Crippen LogP contribution < -0.4 is 0 Å². The van der Waals surface area contributed by atoms with E-state index in [1.807, 2.05) is 0 Å². The smallest absolute Gasteiger partial charge is 0.450 e. The van der Waals surface area contributed by atoms with Crippen LogP contribution in [0.1, 0.15) is 0 Å². The van der Waals surface area contributed by atoms with Gasteiger partial charge in [0.2, 0.25) is 0 Å². The normalized spacial score (nSPS) is 7.45. The van der Waals surface area contributed by atoms with Gasteiger partial charge in [0.1, 0.15) is 0 Å². The standard InChI is InChI=1S/CH2O3.Cu.H2O4S.Zn/c2-1(3)4;;1-5(2,3)4;/h(H2,2,3,4);;(H2,1,2,3,4);. The summed E-state index contributed by atoms with van der Waals surface area (Å²) >= 11 is 0. The van der Waals surface area contributed by atoms with Crippen molar-refractivity contribution in [2.75, 3.05) is 0 Å². The van der Waals surface area contributed by atoms with Crippen molar-refractivity contribution in [2.45, 2.75) is 0 Å². The van der Waals surface area contributed by atoms with Gasteiger partial charge in [-0.05, 0) is 0 Å². The van der Waals surface area contributed by atoms with Gasteiger partial charge in [0.25, 0.3) is 0 Å². The SMILES string of the molecule is O=C(O)O.O=S(=O)(O)O.[Cu].[Zn]. The van der Waals surface area contributed by atoms with Gasteiger partial charge in [-0.1, -0.05) is 0 Å². The second-order valence-corrected chi connectivity index (χ2v) is 1.63. The Morgan fingerprint density at radius 2 is 1.09 bits per heavy atom. The molecule has 10 heteroatoms. The van der Waals surface area contributed by atoms with Crippen LogP contribution in [0.3, 0.4) is 0 Å². The van der Waals surface area contributed by atoms with Crippen molar-refractivity contribution in [1.82, 2.24) is 0 Å². The molecule has 0 heterocycles. The molecule has 69 valence electrons. The largest absolute Gasteiger partial charge is 0.503 e. The van der Waals surface area contributed by atoms with Crippen molar-refractivity contribution in [3.8, 4) is 0 Å². The van der Waals surface area contributed by atoms with Crippen molar-refractivity contribution in [3.63, 3.8) is 0 Å². The minimum Gasteiger partial charge on any atom is -0.450 e. The number of carboxylic acid groups (broad SMARTS) is 2. The first-order valence-electron chi connectivity index (χ1n) is 1.35. The third-order valence-corrected chi connectivity index (χ3v) is 0. The molecule has 0 aromatic carbocycles. The molecule has 11 heavy (non-hydrogen) atoms. The summed E-state index contributed by atoms with van der Waals surface area (Å²) in [6, 6.07) is 0. The van der Waals surface area contributed by atoms with Crippen molar-refractivity contribution < 1.29 is 69.1 Å². The van der Waals surface area contributed by atoms with Crippen LogP contribution in [0.25, 0.3) is 0 Å². The molecule has 0 spiro atoms. The van der Waals surface area contributed by atoms with Gasteiger partial charge in [0.15, 0.2) is 0 Å². The molecule has 0 unspecified atom stereocenters. The van der Waals surface area contributed by atoms with Gasteiger partial charge in [-0.3, -0.25) is 9.11 Å². The van der Waals surface area contributed by atoms with Gasteiger partial charge in [-0.25, -0.2) is 4.79 Å². The fourth-order valence-corrected chi connectivity index (χ4v) is 0. The molecule has 1 radical (unpaired) electrons. The maximum atomic E-state index is 8.74. The Labute approximate surface area is 85.6 Å². The van der Waals surface area contributed by atoms with Gasteiger partial charge in [-0.2, -0.15) is 8.42 Å². The molecule has 0 aliphatic heterocycles. The molecule has 0 aromatic heterocycles. The van der Waals surface area contributed by atoms with Gasteiger partial charge in [0, 0.05) is 36.5 Å². The van der Waals surface area contributed by atoms with Crippen molar-refractivity contribution in [2.24, 2.45) is 0 Å². The van der Waals surface area contributed by atoms with E-state index in [2.05, 4.69) is 0 Å². The van der Waals surface area contributed by atoms with Crippen molar-refractivity contribution in [3.05, 3.63) is 0 Å². The van der Waals surface area contributed by atoms with E-state index in [0.29, 0.717) is 0 Å². The third kappa shape index (κ3) is 8820. The predicted octanol–water partition coefficient (Wildman–Crippen LogP) is -0.435. The van der Waals surface area contributed by atoms with Crippen LogP contribution in [0.2, 0.25) is 0 Å². The zero-order valence-electron chi connectivity index (χ0n) is 4.93. The Hall–Kier alpha value is 0.283. The molecule has 0 fully saturated rings. The van der Waals surface area contributed by atoms with E-state index in [1.165, 1.54) is 0 Å². The molecule has 0 saturated carbocycles. The van der Waals surface area contributed by atoms with Crippen LogP contribution in [0.5, 0.6) is 0 Å². The molecular formula is CH4CuO7SZn. The fraction of sp³-hybridized carbons (Fsp3) is 0. The monoisotopic (exact) mass is 287 g/mol. The van der Waals surface area contributed by atoms with Crippen LogP contribution in [0.15, 0.2) is 0 Å². The summed E-state index contributed by atoms with van der Waals surface area (Å²) in [5, 5.41) is 13.9. The summed E-state index contributed by atoms with van der Waals surface area (Å²) in [5.41, 5.74) is 0. The van der Waals surface area contributed by atoms with E-state index in [0.717, 1.165) is 0 Å². The Bertz CT molecular complexity index is 161. The maximum Gasteiger partial charge on any atom is 0.503 e. The quantitative estimate of drug-likeness (QED) is 0.351. The van der Waals surface area contributed by atoms with Crippen molar-refractivity contribution >= 4 is 16.6 Å². The summed E-state index contributed by atoms with van der Waals surface area (Å²) in [7, 11) is -4.67. The summed E-state index contributed by atoms with van der Waals surface area (Å²) in [6.45, 7) is 0. The molecule has 4 N–H and O–H groups in total. The number of hydrogen-bond acceptors (Lipinski definition) is 3. The molecule has 7 nitrogen and oxygen atoms in total. The van der Waals surface area contributed by atoms with E-state index < -0.39 is 16.6 Å². The summed E-state index contributed by atoms with van der Waals surface area (Å²) in [4.78, 5) is 8.56. The molecule has 0 rings (SSSR count). The van der Waals surface area contributed by atoms with Gasteiger partial charge < -0.3 is 10.2 Å². The van der Waals surface area contributed by atoms with Crippen LogP contribution in [0.4, 0.5) is 4.79 Å². The van der Waals surface area contributed by atoms with Gasteiger partial charge in [-0.15, -0.1) is 0 Å². The van der Waals surface area contributed by atoms with E-state index in [9.17, 15) is 0 Å². The molecule has 0 aliphatic rings. The molecule has 0 aliphatic carbocycles. The minimum atomic E-state index is -4.67. The first-order valence-corrected chi connectivity index (χ1v) is 2.75. The third-order valence-electron chi connectivity index (χ3n) is 0. The summed E-state index contributed by atoms with van der Waals surface area (Å²) in [5.74, 6) is 0. The van der Waals surface area contributed by atoms with Gasteiger partial charge in [0.05, 0.1) is 0 Å². The Morgan fingerprint density at radius 3 is 1.09 bits per heavy atom. The number of carbonyl (C=O) groups is 1. The number of hydrogen-bond donors (Lipinski definition) is 4. The molecular weight excluding hydrogens is 285 g/mol. The minimum absolute atomic E-state index is 0. The topological polar surface area (TPSA) is 132 Å². The second-order valence-electron chi connectivity index (χ2n) is 0.730. The molecule has 0 bridgehead atoms.